The first-order valence-corrected chi connectivity index (χ1v) is 8.97. The number of aromatic amines is 1. The summed E-state index contributed by atoms with van der Waals surface area (Å²) in [6.07, 6.45) is 1.54. The summed E-state index contributed by atoms with van der Waals surface area (Å²) in [6.45, 7) is 0.400. The highest BCUT2D eigenvalue weighted by molar-refractivity contribution is 7.88. The van der Waals surface area contributed by atoms with E-state index in [2.05, 4.69) is 14.9 Å². The van der Waals surface area contributed by atoms with E-state index in [1.54, 1.807) is 6.07 Å². The number of benzene rings is 1. The lowest BCUT2D eigenvalue weighted by atomic mass is 10.1. The number of aryl methyl sites for hydroxylation is 1. The molecular formula is C14H17FN4O3S. The Labute approximate surface area is 132 Å². The van der Waals surface area contributed by atoms with Crippen molar-refractivity contribution in [3.05, 3.63) is 52.0 Å². The van der Waals surface area contributed by atoms with Crippen LogP contribution in [0.5, 0.6) is 0 Å². The minimum Gasteiger partial charge on any atom is -0.279 e. The number of hydrogen-bond donors (Lipinski definition) is 2. The Balaban J connectivity index is 1.67. The molecule has 0 bridgehead atoms. The van der Waals surface area contributed by atoms with Crippen molar-refractivity contribution in [3.63, 3.8) is 0 Å². The highest BCUT2D eigenvalue weighted by atomic mass is 32.2. The molecule has 0 saturated heterocycles. The zero-order valence-corrected chi connectivity index (χ0v) is 13.1. The van der Waals surface area contributed by atoms with E-state index >= 15 is 0 Å². The molecule has 2 N–H and O–H groups in total. The zero-order valence-electron chi connectivity index (χ0n) is 12.3. The number of nitrogens with zero attached hydrogens (tertiary/aromatic N) is 2. The van der Waals surface area contributed by atoms with Gasteiger partial charge in [-0.3, -0.25) is 4.57 Å². The molecule has 1 atom stereocenters. The van der Waals surface area contributed by atoms with Gasteiger partial charge in [0.15, 0.2) is 0 Å². The van der Waals surface area contributed by atoms with E-state index in [1.165, 1.54) is 22.8 Å². The number of rotatable bonds is 4. The Morgan fingerprint density at radius 2 is 2.13 bits per heavy atom. The van der Waals surface area contributed by atoms with Crippen LogP contribution in [0.3, 0.4) is 0 Å². The second kappa shape index (κ2) is 6.25. The Bertz CT molecular complexity index is 859. The molecule has 0 saturated carbocycles. The van der Waals surface area contributed by atoms with E-state index < -0.39 is 21.6 Å². The van der Waals surface area contributed by atoms with Gasteiger partial charge in [0, 0.05) is 24.6 Å². The highest BCUT2D eigenvalue weighted by Gasteiger charge is 2.23. The fourth-order valence-electron chi connectivity index (χ4n) is 2.74. The fourth-order valence-corrected chi connectivity index (χ4v) is 4.21. The van der Waals surface area contributed by atoms with Gasteiger partial charge in [-0.1, -0.05) is 18.2 Å². The molecular weight excluding hydrogens is 323 g/mol. The van der Waals surface area contributed by atoms with E-state index in [0.717, 1.165) is 0 Å². The number of sulfonamides is 1. The molecule has 1 aliphatic heterocycles. The van der Waals surface area contributed by atoms with Crippen LogP contribution < -0.4 is 10.4 Å². The molecule has 1 aromatic carbocycles. The van der Waals surface area contributed by atoms with E-state index in [1.807, 2.05) is 0 Å². The Morgan fingerprint density at radius 3 is 2.91 bits per heavy atom. The summed E-state index contributed by atoms with van der Waals surface area (Å²) in [5.74, 6) is -0.308. The van der Waals surface area contributed by atoms with Crippen LogP contribution in [0.15, 0.2) is 29.1 Å². The molecule has 124 valence electrons. The average molecular weight is 340 g/mol. The Hall–Kier alpha value is -2.00. The quantitative estimate of drug-likeness (QED) is 0.849. The van der Waals surface area contributed by atoms with Gasteiger partial charge in [-0.25, -0.2) is 27.4 Å². The van der Waals surface area contributed by atoms with Gasteiger partial charge in [-0.15, -0.1) is 0 Å². The van der Waals surface area contributed by atoms with Crippen LogP contribution in [0.4, 0.5) is 4.39 Å². The fraction of sp³-hybridized carbons (Fsp3) is 0.429. The van der Waals surface area contributed by atoms with E-state index in [9.17, 15) is 17.6 Å². The molecule has 0 amide bonds. The van der Waals surface area contributed by atoms with E-state index in [0.29, 0.717) is 31.6 Å². The molecule has 9 heteroatoms. The molecule has 1 aromatic heterocycles. The maximum absolute atomic E-state index is 13.6. The Morgan fingerprint density at radius 1 is 1.35 bits per heavy atom. The van der Waals surface area contributed by atoms with Crippen LogP contribution in [-0.2, 0) is 28.7 Å². The summed E-state index contributed by atoms with van der Waals surface area (Å²) in [7, 11) is -3.66. The third-order valence-corrected chi connectivity index (χ3v) is 5.29. The molecule has 0 radical (unpaired) electrons. The van der Waals surface area contributed by atoms with Crippen molar-refractivity contribution in [2.45, 2.75) is 37.6 Å². The summed E-state index contributed by atoms with van der Waals surface area (Å²) in [6, 6.07) is 5.51. The predicted octanol–water partition coefficient (Wildman–Crippen LogP) is 0.535. The summed E-state index contributed by atoms with van der Waals surface area (Å²) in [5.41, 5.74) is -0.146. The average Bonchev–Trinajstić information content (AvgIpc) is 2.72. The number of hydrogen-bond acceptors (Lipinski definition) is 4. The first-order chi connectivity index (χ1) is 10.9. The second-order valence-electron chi connectivity index (χ2n) is 5.59. The summed E-state index contributed by atoms with van der Waals surface area (Å²) < 4.78 is 42.2. The molecule has 23 heavy (non-hydrogen) atoms. The first-order valence-electron chi connectivity index (χ1n) is 7.32. The van der Waals surface area contributed by atoms with Crippen molar-refractivity contribution in [2.75, 3.05) is 0 Å². The third-order valence-electron chi connectivity index (χ3n) is 3.90. The van der Waals surface area contributed by atoms with Crippen LogP contribution in [-0.4, -0.2) is 29.2 Å². The number of H-pyrrole nitrogens is 1. The monoisotopic (exact) mass is 340 g/mol. The van der Waals surface area contributed by atoms with Gasteiger partial charge in [0.25, 0.3) is 0 Å². The predicted molar refractivity (Wildman–Crippen MR) is 81.7 cm³/mol. The summed E-state index contributed by atoms with van der Waals surface area (Å²) >= 11 is 0. The number of nitrogens with one attached hydrogen (secondary N) is 2. The van der Waals surface area contributed by atoms with Crippen molar-refractivity contribution in [2.24, 2.45) is 0 Å². The lowest BCUT2D eigenvalue weighted by Gasteiger charge is -2.16. The van der Waals surface area contributed by atoms with Crippen molar-refractivity contribution < 1.29 is 12.8 Å². The lowest BCUT2D eigenvalue weighted by molar-refractivity contribution is 0.492. The van der Waals surface area contributed by atoms with Gasteiger partial charge < -0.3 is 0 Å². The number of fused-ring (bicyclic) bond motifs is 1. The SMILES string of the molecule is O=c1[nH]nc2n1CCC(NS(=O)(=O)Cc1ccccc1F)CC2. The van der Waals surface area contributed by atoms with Crippen molar-refractivity contribution >= 4 is 10.0 Å². The van der Waals surface area contributed by atoms with Crippen molar-refractivity contribution in [3.8, 4) is 0 Å². The maximum atomic E-state index is 13.6. The van der Waals surface area contributed by atoms with Gasteiger partial charge in [0.2, 0.25) is 10.0 Å². The molecule has 2 heterocycles. The van der Waals surface area contributed by atoms with Crippen LogP contribution in [0.2, 0.25) is 0 Å². The molecule has 3 rings (SSSR count). The molecule has 0 fully saturated rings. The van der Waals surface area contributed by atoms with E-state index in [4.69, 9.17) is 0 Å². The van der Waals surface area contributed by atoms with Gasteiger partial charge >= 0.3 is 5.69 Å². The number of halogens is 1. The zero-order chi connectivity index (χ0) is 16.4. The second-order valence-corrected chi connectivity index (χ2v) is 7.34. The first kappa shape index (κ1) is 15.9. The van der Waals surface area contributed by atoms with Crippen LogP contribution in [0.1, 0.15) is 24.2 Å². The molecule has 7 nitrogen and oxygen atoms in total. The summed E-state index contributed by atoms with van der Waals surface area (Å²) in [5, 5.41) is 6.31. The topological polar surface area (TPSA) is 96.8 Å². The van der Waals surface area contributed by atoms with Crippen molar-refractivity contribution in [1.82, 2.24) is 19.5 Å². The van der Waals surface area contributed by atoms with Crippen LogP contribution in [0, 0.1) is 5.82 Å². The standard InChI is InChI=1S/C14H17FN4O3S/c15-12-4-2-1-3-10(12)9-23(21,22)18-11-5-6-13-16-17-14(20)19(13)8-7-11/h1-4,11,18H,5-9H2,(H,17,20). The van der Waals surface area contributed by atoms with Gasteiger partial charge in [-0.05, 0) is 18.9 Å². The molecule has 1 unspecified atom stereocenters. The smallest absolute Gasteiger partial charge is 0.279 e. The molecule has 0 aliphatic carbocycles. The Kier molecular flexibility index (Phi) is 4.31. The lowest BCUT2D eigenvalue weighted by Crippen LogP contribution is -2.36. The molecule has 2 aromatic rings. The van der Waals surface area contributed by atoms with E-state index in [-0.39, 0.29) is 17.3 Å². The molecule has 0 spiro atoms. The minimum absolute atomic E-state index is 0.137. The largest absolute Gasteiger partial charge is 0.343 e. The van der Waals surface area contributed by atoms with Crippen LogP contribution in [0.25, 0.3) is 0 Å². The number of aromatic nitrogens is 3. The van der Waals surface area contributed by atoms with Crippen molar-refractivity contribution in [1.29, 1.82) is 0 Å². The van der Waals surface area contributed by atoms with Gasteiger partial charge in [0.05, 0.1) is 5.75 Å². The normalized spacial score (nSPS) is 18.4. The minimum atomic E-state index is -3.66. The van der Waals surface area contributed by atoms with Gasteiger partial charge in [-0.2, -0.15) is 5.10 Å². The molecule has 1 aliphatic rings. The van der Waals surface area contributed by atoms with Crippen LogP contribution >= 0.6 is 0 Å². The maximum Gasteiger partial charge on any atom is 0.343 e. The van der Waals surface area contributed by atoms with Gasteiger partial charge in [0.1, 0.15) is 11.6 Å². The summed E-state index contributed by atoms with van der Waals surface area (Å²) in [4.78, 5) is 11.6. The highest BCUT2D eigenvalue weighted by Crippen LogP contribution is 2.15. The third kappa shape index (κ3) is 3.67.